The Labute approximate surface area is 158 Å². The lowest BCUT2D eigenvalue weighted by molar-refractivity contribution is -0.385. The van der Waals surface area contributed by atoms with E-state index in [1.807, 2.05) is 0 Å². The first-order valence-electron chi connectivity index (χ1n) is 7.52. The number of hydrogen-bond acceptors (Lipinski definition) is 6. The van der Waals surface area contributed by atoms with Crippen molar-refractivity contribution in [1.29, 1.82) is 0 Å². The van der Waals surface area contributed by atoms with Crippen molar-refractivity contribution in [3.63, 3.8) is 0 Å². The summed E-state index contributed by atoms with van der Waals surface area (Å²) in [5.41, 5.74) is -0.393. The number of esters is 1. The summed E-state index contributed by atoms with van der Waals surface area (Å²) in [5, 5.41) is 13.4. The van der Waals surface area contributed by atoms with Gasteiger partial charge in [-0.05, 0) is 37.3 Å². The third kappa shape index (κ3) is 4.91. The lowest BCUT2D eigenvalue weighted by atomic mass is 10.2. The van der Waals surface area contributed by atoms with E-state index >= 15 is 0 Å². The van der Waals surface area contributed by atoms with Gasteiger partial charge in [-0.25, -0.2) is 9.18 Å². The zero-order chi connectivity index (χ0) is 20.1. The molecule has 0 saturated heterocycles. The number of anilines is 1. The molecule has 0 unspecified atom stereocenters. The van der Waals surface area contributed by atoms with Gasteiger partial charge < -0.3 is 14.8 Å². The van der Waals surface area contributed by atoms with Crippen LogP contribution in [-0.4, -0.2) is 30.0 Å². The fourth-order valence-electron chi connectivity index (χ4n) is 2.07. The second kappa shape index (κ2) is 8.45. The van der Waals surface area contributed by atoms with Crippen LogP contribution in [0, 0.1) is 15.9 Å². The number of hydrogen-bond donors (Lipinski definition) is 1. The standard InChI is InChI=1S/C17H14ClFN2O6/c1-9(16(22)20-13-5-4-11(19)8-12(13)18)27-17(23)10-3-6-15(26-2)14(7-10)21(24)25/h3-9H,1-2H3,(H,20,22)/t9-/m0/s1. The molecule has 1 atom stereocenters. The van der Waals surface area contributed by atoms with Gasteiger partial charge in [-0.2, -0.15) is 0 Å². The summed E-state index contributed by atoms with van der Waals surface area (Å²) in [6, 6.07) is 6.89. The van der Waals surface area contributed by atoms with Gasteiger partial charge in [-0.15, -0.1) is 0 Å². The van der Waals surface area contributed by atoms with E-state index in [1.54, 1.807) is 0 Å². The highest BCUT2D eigenvalue weighted by molar-refractivity contribution is 6.33. The molecule has 0 aliphatic heterocycles. The van der Waals surface area contributed by atoms with E-state index in [1.165, 1.54) is 32.2 Å². The Morgan fingerprint density at radius 3 is 2.56 bits per heavy atom. The summed E-state index contributed by atoms with van der Waals surface area (Å²) < 4.78 is 22.9. The molecule has 2 rings (SSSR count). The Morgan fingerprint density at radius 1 is 1.26 bits per heavy atom. The van der Waals surface area contributed by atoms with Crippen molar-refractivity contribution < 1.29 is 28.4 Å². The molecule has 0 fully saturated rings. The van der Waals surface area contributed by atoms with Crippen LogP contribution in [0.15, 0.2) is 36.4 Å². The van der Waals surface area contributed by atoms with Gasteiger partial charge in [0.15, 0.2) is 11.9 Å². The number of nitrogens with zero attached hydrogens (tertiary/aromatic N) is 1. The van der Waals surface area contributed by atoms with Crippen LogP contribution in [0.4, 0.5) is 15.8 Å². The molecule has 0 spiro atoms. The first kappa shape index (κ1) is 20.1. The van der Waals surface area contributed by atoms with E-state index in [2.05, 4.69) is 5.32 Å². The van der Waals surface area contributed by atoms with E-state index in [-0.39, 0.29) is 22.0 Å². The average Bonchev–Trinajstić information content (AvgIpc) is 2.63. The van der Waals surface area contributed by atoms with E-state index in [0.29, 0.717) is 0 Å². The number of rotatable bonds is 6. The number of carbonyl (C=O) groups excluding carboxylic acids is 2. The van der Waals surface area contributed by atoms with E-state index in [0.717, 1.165) is 18.2 Å². The van der Waals surface area contributed by atoms with Gasteiger partial charge in [-0.1, -0.05) is 11.6 Å². The topological polar surface area (TPSA) is 108 Å². The molecule has 2 aromatic rings. The maximum atomic E-state index is 13.0. The third-order valence-electron chi connectivity index (χ3n) is 3.45. The maximum absolute atomic E-state index is 13.0. The van der Waals surface area contributed by atoms with Crippen LogP contribution >= 0.6 is 11.6 Å². The fraction of sp³-hybridized carbons (Fsp3) is 0.176. The molecule has 0 bridgehead atoms. The van der Waals surface area contributed by atoms with Gasteiger partial charge >= 0.3 is 11.7 Å². The minimum Gasteiger partial charge on any atom is -0.490 e. The van der Waals surface area contributed by atoms with E-state index in [4.69, 9.17) is 21.1 Å². The maximum Gasteiger partial charge on any atom is 0.339 e. The highest BCUT2D eigenvalue weighted by Gasteiger charge is 2.23. The van der Waals surface area contributed by atoms with Crippen LogP contribution in [0.3, 0.4) is 0 Å². The molecular formula is C17H14ClFN2O6. The van der Waals surface area contributed by atoms with Gasteiger partial charge in [0.25, 0.3) is 5.91 Å². The van der Waals surface area contributed by atoms with Gasteiger partial charge in [0, 0.05) is 6.07 Å². The molecule has 0 aliphatic rings. The normalized spacial score (nSPS) is 11.4. The van der Waals surface area contributed by atoms with Crippen molar-refractivity contribution in [2.24, 2.45) is 0 Å². The van der Waals surface area contributed by atoms with Crippen molar-refractivity contribution in [3.8, 4) is 5.75 Å². The largest absolute Gasteiger partial charge is 0.490 e. The molecule has 27 heavy (non-hydrogen) atoms. The van der Waals surface area contributed by atoms with Crippen LogP contribution in [0.2, 0.25) is 5.02 Å². The minimum absolute atomic E-state index is 0.0201. The van der Waals surface area contributed by atoms with Crippen LogP contribution in [0.5, 0.6) is 5.75 Å². The number of carbonyl (C=O) groups is 2. The molecule has 0 aliphatic carbocycles. The molecule has 10 heteroatoms. The lowest BCUT2D eigenvalue weighted by Crippen LogP contribution is -2.30. The third-order valence-corrected chi connectivity index (χ3v) is 3.77. The smallest absolute Gasteiger partial charge is 0.339 e. The monoisotopic (exact) mass is 396 g/mol. The summed E-state index contributed by atoms with van der Waals surface area (Å²) in [5.74, 6) is -2.24. The first-order valence-corrected chi connectivity index (χ1v) is 7.90. The molecule has 0 aromatic heterocycles. The lowest BCUT2D eigenvalue weighted by Gasteiger charge is -2.14. The van der Waals surface area contributed by atoms with Gasteiger partial charge in [0.1, 0.15) is 5.82 Å². The summed E-state index contributed by atoms with van der Waals surface area (Å²) >= 11 is 5.82. The second-order valence-corrected chi connectivity index (χ2v) is 5.71. The van der Waals surface area contributed by atoms with Crippen molar-refractivity contribution in [3.05, 3.63) is 62.9 Å². The molecular weight excluding hydrogens is 383 g/mol. The van der Waals surface area contributed by atoms with Crippen molar-refractivity contribution in [2.45, 2.75) is 13.0 Å². The number of nitro benzene ring substituents is 1. The number of ether oxygens (including phenoxy) is 2. The number of methoxy groups -OCH3 is 1. The molecule has 2 aromatic carbocycles. The zero-order valence-corrected chi connectivity index (χ0v) is 15.0. The Kier molecular flexibility index (Phi) is 6.30. The van der Waals surface area contributed by atoms with Gasteiger partial charge in [-0.3, -0.25) is 14.9 Å². The molecule has 0 radical (unpaired) electrons. The molecule has 142 valence electrons. The summed E-state index contributed by atoms with van der Waals surface area (Å²) in [6.07, 6.45) is -1.24. The van der Waals surface area contributed by atoms with Crippen LogP contribution in [0.25, 0.3) is 0 Å². The molecule has 8 nitrogen and oxygen atoms in total. The van der Waals surface area contributed by atoms with Crippen LogP contribution in [0.1, 0.15) is 17.3 Å². The average molecular weight is 397 g/mol. The van der Waals surface area contributed by atoms with E-state index in [9.17, 15) is 24.1 Å². The summed E-state index contributed by atoms with van der Waals surface area (Å²) in [7, 11) is 1.26. The SMILES string of the molecule is COc1ccc(C(=O)O[C@@H](C)C(=O)Nc2ccc(F)cc2Cl)cc1[N+](=O)[O-]. The Morgan fingerprint density at radius 2 is 1.96 bits per heavy atom. The second-order valence-electron chi connectivity index (χ2n) is 5.30. The van der Waals surface area contributed by atoms with Gasteiger partial charge in [0.05, 0.1) is 28.3 Å². The van der Waals surface area contributed by atoms with Crippen molar-refractivity contribution in [2.75, 3.05) is 12.4 Å². The number of benzene rings is 2. The molecule has 1 N–H and O–H groups in total. The predicted molar refractivity (Wildman–Crippen MR) is 94.6 cm³/mol. The first-order chi connectivity index (χ1) is 12.7. The summed E-state index contributed by atoms with van der Waals surface area (Å²) in [4.78, 5) is 34.6. The Balaban J connectivity index is 2.09. The van der Waals surface area contributed by atoms with Crippen LogP contribution < -0.4 is 10.1 Å². The number of nitro groups is 1. The highest BCUT2D eigenvalue weighted by atomic mass is 35.5. The number of halogens is 2. The minimum atomic E-state index is -1.24. The number of amides is 1. The molecule has 0 heterocycles. The fourth-order valence-corrected chi connectivity index (χ4v) is 2.28. The van der Waals surface area contributed by atoms with E-state index < -0.39 is 34.4 Å². The Bertz CT molecular complexity index is 905. The van der Waals surface area contributed by atoms with Gasteiger partial charge in [0.2, 0.25) is 0 Å². The molecule has 0 saturated carbocycles. The predicted octanol–water partition coefficient (Wildman–Crippen LogP) is 3.58. The Hall–Kier alpha value is -3.20. The highest BCUT2D eigenvalue weighted by Crippen LogP contribution is 2.28. The van der Waals surface area contributed by atoms with Crippen LogP contribution in [-0.2, 0) is 9.53 Å². The number of nitrogens with one attached hydrogen (secondary N) is 1. The van der Waals surface area contributed by atoms with Crippen molar-refractivity contribution in [1.82, 2.24) is 0 Å². The summed E-state index contributed by atoms with van der Waals surface area (Å²) in [6.45, 7) is 1.31. The van der Waals surface area contributed by atoms with Crippen molar-refractivity contribution >= 4 is 34.9 Å². The zero-order valence-electron chi connectivity index (χ0n) is 14.2. The molecule has 1 amide bonds. The quantitative estimate of drug-likeness (QED) is 0.454.